The summed E-state index contributed by atoms with van der Waals surface area (Å²) in [5.41, 5.74) is 2.22. The van der Waals surface area contributed by atoms with Gasteiger partial charge < -0.3 is 19.2 Å². The van der Waals surface area contributed by atoms with E-state index in [-0.39, 0.29) is 18.3 Å². The van der Waals surface area contributed by atoms with Crippen molar-refractivity contribution >= 4 is 11.8 Å². The normalized spacial score (nSPS) is 15.2. The summed E-state index contributed by atoms with van der Waals surface area (Å²) < 4.78 is 11.3. The predicted octanol–water partition coefficient (Wildman–Crippen LogP) is 3.37. The molecule has 0 N–H and O–H groups in total. The first-order valence-electron chi connectivity index (χ1n) is 10.00. The molecule has 1 aliphatic heterocycles. The van der Waals surface area contributed by atoms with Gasteiger partial charge in [0.25, 0.3) is 5.88 Å². The Kier molecular flexibility index (Phi) is 7.16. The molecule has 160 valence electrons. The van der Waals surface area contributed by atoms with Gasteiger partial charge in [-0.1, -0.05) is 5.16 Å². The minimum absolute atomic E-state index is 0.0461. The lowest BCUT2D eigenvalue weighted by molar-refractivity contribution is 0.0504. The highest BCUT2D eigenvalue weighted by molar-refractivity contribution is 5.98. The van der Waals surface area contributed by atoms with Crippen LogP contribution in [0, 0.1) is 6.92 Å². The summed E-state index contributed by atoms with van der Waals surface area (Å²) in [6, 6.07) is 3.74. The van der Waals surface area contributed by atoms with Gasteiger partial charge in [-0.3, -0.25) is 4.98 Å². The van der Waals surface area contributed by atoms with Crippen LogP contribution in [0.5, 0.6) is 11.8 Å². The van der Waals surface area contributed by atoms with E-state index >= 15 is 0 Å². The minimum Gasteiger partial charge on any atom is -0.474 e. The summed E-state index contributed by atoms with van der Waals surface area (Å²) in [6.07, 6.45) is 5.76. The van der Waals surface area contributed by atoms with E-state index in [1.54, 1.807) is 17.3 Å². The molecule has 0 unspecified atom stereocenters. The summed E-state index contributed by atoms with van der Waals surface area (Å²) >= 11 is 0. The van der Waals surface area contributed by atoms with Gasteiger partial charge >= 0.3 is 6.09 Å². The Hall–Kier alpha value is -3.23. The maximum absolute atomic E-state index is 12.0. The second-order valence-corrected chi connectivity index (χ2v) is 7.36. The smallest absolute Gasteiger partial charge is 0.410 e. The lowest BCUT2D eigenvalue weighted by Gasteiger charge is -2.31. The van der Waals surface area contributed by atoms with Crippen LogP contribution < -0.4 is 9.57 Å². The van der Waals surface area contributed by atoms with Gasteiger partial charge in [-0.05, 0) is 39.8 Å². The average Bonchev–Trinajstić information content (AvgIpc) is 2.74. The summed E-state index contributed by atoms with van der Waals surface area (Å²) in [7, 11) is 0. The number of pyridine rings is 1. The number of carbonyl (C=O) groups excluding carboxylic acids is 1. The molecule has 0 bridgehead atoms. The Labute approximate surface area is 176 Å². The molecule has 2 aromatic rings. The molecule has 0 aliphatic carbocycles. The number of hydrogen-bond acceptors (Lipinski definition) is 8. The zero-order valence-corrected chi connectivity index (χ0v) is 17.7. The van der Waals surface area contributed by atoms with E-state index in [2.05, 4.69) is 20.1 Å². The van der Waals surface area contributed by atoms with Crippen LogP contribution in [-0.2, 0) is 4.74 Å². The van der Waals surface area contributed by atoms with E-state index in [4.69, 9.17) is 14.3 Å². The van der Waals surface area contributed by atoms with Crippen molar-refractivity contribution in [1.82, 2.24) is 19.9 Å². The molecule has 0 saturated carbocycles. The fourth-order valence-electron chi connectivity index (χ4n) is 2.96. The fraction of sp³-hybridized carbons (Fsp3) is 0.476. The van der Waals surface area contributed by atoms with Gasteiger partial charge in [0, 0.05) is 43.9 Å². The lowest BCUT2D eigenvalue weighted by atomic mass is 10.1. The zero-order chi connectivity index (χ0) is 21.5. The standard InChI is InChI=1S/C21H27N5O4/c1-14(2)28-21(27)26-10-7-18(8-11-26)29-19-15(3)20(24-13-23-19)30-25-16(4)17-6-5-9-22-12-17/h5-6,9,12-14,18H,7-8,10-11H2,1-4H3/b25-16-. The van der Waals surface area contributed by atoms with Gasteiger partial charge in [-0.15, -0.1) is 0 Å². The highest BCUT2D eigenvalue weighted by Crippen LogP contribution is 2.26. The second kappa shape index (κ2) is 10.00. The molecular weight excluding hydrogens is 386 g/mol. The van der Waals surface area contributed by atoms with Crippen molar-refractivity contribution in [3.63, 3.8) is 0 Å². The van der Waals surface area contributed by atoms with Crippen LogP contribution in [-0.4, -0.2) is 57.0 Å². The van der Waals surface area contributed by atoms with E-state index in [1.165, 1.54) is 6.33 Å². The fourth-order valence-corrected chi connectivity index (χ4v) is 2.96. The largest absolute Gasteiger partial charge is 0.474 e. The molecule has 1 saturated heterocycles. The van der Waals surface area contributed by atoms with E-state index in [0.29, 0.717) is 49.0 Å². The van der Waals surface area contributed by atoms with Gasteiger partial charge in [-0.25, -0.2) is 9.78 Å². The van der Waals surface area contributed by atoms with Gasteiger partial charge in [0.2, 0.25) is 5.88 Å². The number of piperidine rings is 1. The van der Waals surface area contributed by atoms with Crippen molar-refractivity contribution in [3.05, 3.63) is 42.0 Å². The molecular formula is C21H27N5O4. The number of carbonyl (C=O) groups is 1. The van der Waals surface area contributed by atoms with Gasteiger partial charge in [0.1, 0.15) is 12.4 Å². The molecule has 1 aliphatic rings. The van der Waals surface area contributed by atoms with Crippen molar-refractivity contribution < 1.29 is 19.1 Å². The van der Waals surface area contributed by atoms with Crippen LogP contribution in [0.2, 0.25) is 0 Å². The molecule has 9 nitrogen and oxygen atoms in total. The van der Waals surface area contributed by atoms with Crippen molar-refractivity contribution in [2.75, 3.05) is 13.1 Å². The first kappa shape index (κ1) is 21.5. The summed E-state index contributed by atoms with van der Waals surface area (Å²) in [6.45, 7) is 8.51. The Morgan fingerprint density at radius 2 is 1.97 bits per heavy atom. The van der Waals surface area contributed by atoms with Crippen molar-refractivity contribution in [1.29, 1.82) is 0 Å². The Morgan fingerprint density at radius 3 is 2.63 bits per heavy atom. The first-order valence-corrected chi connectivity index (χ1v) is 10.00. The molecule has 0 spiro atoms. The van der Waals surface area contributed by atoms with Crippen molar-refractivity contribution in [2.24, 2.45) is 5.16 Å². The maximum Gasteiger partial charge on any atom is 0.410 e. The molecule has 0 atom stereocenters. The number of aromatic nitrogens is 3. The van der Waals surface area contributed by atoms with Gasteiger partial charge in [-0.2, -0.15) is 4.98 Å². The van der Waals surface area contributed by atoms with Crippen LogP contribution in [0.1, 0.15) is 44.7 Å². The molecule has 30 heavy (non-hydrogen) atoms. The highest BCUT2D eigenvalue weighted by Gasteiger charge is 2.26. The van der Waals surface area contributed by atoms with Crippen LogP contribution >= 0.6 is 0 Å². The van der Waals surface area contributed by atoms with E-state index in [0.717, 1.165) is 5.56 Å². The summed E-state index contributed by atoms with van der Waals surface area (Å²) in [5.74, 6) is 0.790. The van der Waals surface area contributed by atoms with Gasteiger partial charge in [0.15, 0.2) is 0 Å². The predicted molar refractivity (Wildman–Crippen MR) is 111 cm³/mol. The zero-order valence-electron chi connectivity index (χ0n) is 17.7. The number of hydrogen-bond donors (Lipinski definition) is 0. The SMILES string of the molecule is C/C(=N/Oc1ncnc(OC2CCN(C(=O)OC(C)C)CC2)c1C)c1cccnc1. The topological polar surface area (TPSA) is 99.0 Å². The minimum atomic E-state index is -0.279. The quantitative estimate of drug-likeness (QED) is 0.529. The van der Waals surface area contributed by atoms with E-state index in [1.807, 2.05) is 39.8 Å². The maximum atomic E-state index is 12.0. The molecule has 9 heteroatoms. The number of nitrogens with zero attached hydrogens (tertiary/aromatic N) is 5. The van der Waals surface area contributed by atoms with E-state index in [9.17, 15) is 4.79 Å². The Bertz CT molecular complexity index is 880. The third-order valence-electron chi connectivity index (χ3n) is 4.65. The molecule has 3 rings (SSSR count). The number of amides is 1. The molecule has 0 aromatic carbocycles. The Balaban J connectivity index is 1.59. The number of rotatable bonds is 6. The van der Waals surface area contributed by atoms with Crippen molar-refractivity contribution in [2.45, 2.75) is 52.7 Å². The molecule has 3 heterocycles. The monoisotopic (exact) mass is 413 g/mol. The Morgan fingerprint density at radius 1 is 1.23 bits per heavy atom. The number of ether oxygens (including phenoxy) is 2. The lowest BCUT2D eigenvalue weighted by Crippen LogP contribution is -2.42. The molecule has 1 amide bonds. The third-order valence-corrected chi connectivity index (χ3v) is 4.65. The number of oxime groups is 1. The summed E-state index contributed by atoms with van der Waals surface area (Å²) in [5, 5.41) is 4.14. The molecule has 1 fully saturated rings. The van der Waals surface area contributed by atoms with E-state index < -0.39 is 0 Å². The third kappa shape index (κ3) is 5.65. The highest BCUT2D eigenvalue weighted by atomic mass is 16.6. The first-order chi connectivity index (χ1) is 14.4. The van der Waals surface area contributed by atoms with Crippen LogP contribution in [0.4, 0.5) is 4.79 Å². The van der Waals surface area contributed by atoms with Crippen molar-refractivity contribution in [3.8, 4) is 11.8 Å². The molecule has 2 aromatic heterocycles. The van der Waals surface area contributed by atoms with Crippen LogP contribution in [0.15, 0.2) is 36.0 Å². The second-order valence-electron chi connectivity index (χ2n) is 7.36. The molecule has 0 radical (unpaired) electrons. The summed E-state index contributed by atoms with van der Waals surface area (Å²) in [4.78, 5) is 31.7. The van der Waals surface area contributed by atoms with Gasteiger partial charge in [0.05, 0.1) is 17.4 Å². The van der Waals surface area contributed by atoms with Crippen LogP contribution in [0.3, 0.4) is 0 Å². The van der Waals surface area contributed by atoms with Crippen LogP contribution in [0.25, 0.3) is 0 Å². The number of likely N-dealkylation sites (tertiary alicyclic amines) is 1. The average molecular weight is 413 g/mol.